The molecule has 0 saturated carbocycles. The second-order valence-electron chi connectivity index (χ2n) is 5.44. The van der Waals surface area contributed by atoms with Crippen molar-refractivity contribution in [3.63, 3.8) is 0 Å². The van der Waals surface area contributed by atoms with Crippen LogP contribution in [-0.4, -0.2) is 44.6 Å². The van der Waals surface area contributed by atoms with Crippen LogP contribution in [0.1, 0.15) is 18.4 Å². The molecule has 128 valence electrons. The molecule has 1 fully saturated rings. The Morgan fingerprint density at radius 1 is 1.46 bits per heavy atom. The van der Waals surface area contributed by atoms with Gasteiger partial charge in [-0.2, -0.15) is 0 Å². The van der Waals surface area contributed by atoms with Crippen LogP contribution in [0.5, 0.6) is 0 Å². The van der Waals surface area contributed by atoms with Crippen molar-refractivity contribution in [2.45, 2.75) is 37.2 Å². The number of aromatic nitrogens is 4. The second-order valence-corrected chi connectivity index (χ2v) is 6.79. The van der Waals surface area contributed by atoms with Crippen molar-refractivity contribution in [2.75, 3.05) is 12.4 Å². The molecular weight excluding hydrogens is 350 g/mol. The minimum atomic E-state index is -0.0911. The first kappa shape index (κ1) is 17.2. The molecule has 3 rings (SSSR count). The molecule has 1 saturated heterocycles. The van der Waals surface area contributed by atoms with Gasteiger partial charge >= 0.3 is 0 Å². The molecule has 24 heavy (non-hydrogen) atoms. The number of rotatable bonds is 7. The van der Waals surface area contributed by atoms with Crippen LogP contribution in [-0.2, 0) is 22.6 Å². The van der Waals surface area contributed by atoms with E-state index in [0.717, 1.165) is 25.0 Å². The maximum Gasteiger partial charge on any atom is 0.230 e. The lowest BCUT2D eigenvalue weighted by Gasteiger charge is -2.10. The molecule has 1 aliphatic heterocycles. The van der Waals surface area contributed by atoms with Gasteiger partial charge in [0, 0.05) is 18.2 Å². The van der Waals surface area contributed by atoms with Gasteiger partial charge in [0.05, 0.1) is 18.4 Å². The Kier molecular flexibility index (Phi) is 6.06. The fourth-order valence-electron chi connectivity index (χ4n) is 2.41. The van der Waals surface area contributed by atoms with E-state index in [1.165, 1.54) is 11.8 Å². The van der Waals surface area contributed by atoms with E-state index < -0.39 is 0 Å². The number of hydrogen-bond donors (Lipinski definition) is 1. The summed E-state index contributed by atoms with van der Waals surface area (Å²) >= 11 is 7.38. The number of ether oxygens (including phenoxy) is 1. The Balaban J connectivity index is 1.46. The predicted octanol–water partition coefficient (Wildman–Crippen LogP) is 1.91. The lowest BCUT2D eigenvalue weighted by molar-refractivity contribution is -0.118. The summed E-state index contributed by atoms with van der Waals surface area (Å²) in [4.78, 5) is 12.0. The lowest BCUT2D eigenvalue weighted by Crippen LogP contribution is -2.25. The molecule has 1 aromatic heterocycles. The molecule has 1 atom stereocenters. The Morgan fingerprint density at radius 3 is 3.12 bits per heavy atom. The first-order chi connectivity index (χ1) is 11.7. The number of benzene rings is 1. The summed E-state index contributed by atoms with van der Waals surface area (Å²) < 4.78 is 7.28. The maximum atomic E-state index is 12.0. The van der Waals surface area contributed by atoms with Crippen molar-refractivity contribution in [1.29, 1.82) is 0 Å². The van der Waals surface area contributed by atoms with Crippen molar-refractivity contribution in [1.82, 2.24) is 25.5 Å². The summed E-state index contributed by atoms with van der Waals surface area (Å²) in [6.45, 7) is 1.82. The number of tetrazole rings is 1. The first-order valence-electron chi connectivity index (χ1n) is 7.73. The van der Waals surface area contributed by atoms with Gasteiger partial charge in [-0.3, -0.25) is 4.79 Å². The summed E-state index contributed by atoms with van der Waals surface area (Å²) in [5, 5.41) is 15.7. The third-order valence-electron chi connectivity index (χ3n) is 3.67. The summed E-state index contributed by atoms with van der Waals surface area (Å²) in [5.74, 6) is 0.155. The highest BCUT2D eigenvalue weighted by Gasteiger charge is 2.19. The maximum absolute atomic E-state index is 12.0. The molecule has 0 radical (unpaired) electrons. The van der Waals surface area contributed by atoms with Crippen LogP contribution in [0.2, 0.25) is 5.02 Å². The molecule has 7 nitrogen and oxygen atoms in total. The zero-order chi connectivity index (χ0) is 16.8. The van der Waals surface area contributed by atoms with Gasteiger partial charge in [0.2, 0.25) is 11.1 Å². The number of nitrogens with one attached hydrogen (secondary N) is 1. The van der Waals surface area contributed by atoms with E-state index in [0.29, 0.717) is 23.3 Å². The molecule has 1 unspecified atom stereocenters. The van der Waals surface area contributed by atoms with Gasteiger partial charge in [0.15, 0.2) is 0 Å². The number of hydrogen-bond acceptors (Lipinski definition) is 6. The zero-order valence-electron chi connectivity index (χ0n) is 13.0. The van der Waals surface area contributed by atoms with Gasteiger partial charge in [-0.05, 0) is 34.9 Å². The number of carbonyl (C=O) groups excluding carboxylic acids is 1. The van der Waals surface area contributed by atoms with Gasteiger partial charge in [0.25, 0.3) is 0 Å². The van der Waals surface area contributed by atoms with Gasteiger partial charge in [-0.1, -0.05) is 41.6 Å². The molecule has 1 N–H and O–H groups in total. The van der Waals surface area contributed by atoms with Gasteiger partial charge in [-0.25, -0.2) is 4.68 Å². The normalized spacial score (nSPS) is 17.1. The third kappa shape index (κ3) is 4.68. The van der Waals surface area contributed by atoms with Crippen LogP contribution >= 0.6 is 23.4 Å². The molecular formula is C15H18ClN5O2S. The smallest absolute Gasteiger partial charge is 0.230 e. The van der Waals surface area contributed by atoms with Gasteiger partial charge in [0.1, 0.15) is 0 Å². The minimum Gasteiger partial charge on any atom is -0.376 e. The van der Waals surface area contributed by atoms with E-state index in [2.05, 4.69) is 20.8 Å². The average molecular weight is 368 g/mol. The van der Waals surface area contributed by atoms with Crippen LogP contribution < -0.4 is 5.32 Å². The van der Waals surface area contributed by atoms with E-state index in [9.17, 15) is 4.79 Å². The van der Waals surface area contributed by atoms with E-state index in [1.54, 1.807) is 10.7 Å². The molecule has 1 amide bonds. The highest BCUT2D eigenvalue weighted by molar-refractivity contribution is 7.99. The minimum absolute atomic E-state index is 0.0911. The van der Waals surface area contributed by atoms with E-state index in [-0.39, 0.29) is 17.8 Å². The largest absolute Gasteiger partial charge is 0.376 e. The Bertz CT molecular complexity index is 690. The summed E-state index contributed by atoms with van der Waals surface area (Å²) in [5.41, 5.74) is 0.890. The summed E-state index contributed by atoms with van der Waals surface area (Å²) in [6.07, 6.45) is 2.24. The molecule has 1 aromatic carbocycles. The fourth-order valence-corrected chi connectivity index (χ4v) is 3.33. The Hall–Kier alpha value is -1.64. The molecule has 2 aromatic rings. The fraction of sp³-hybridized carbons (Fsp3) is 0.467. The SMILES string of the molecule is O=C(CSc1nnnn1CC1CCCO1)NCc1ccccc1Cl. The second kappa shape index (κ2) is 8.46. The van der Waals surface area contributed by atoms with Crippen molar-refractivity contribution in [3.8, 4) is 0 Å². The molecule has 1 aliphatic rings. The molecule has 0 aliphatic carbocycles. The Labute approximate surface area is 149 Å². The molecule has 0 spiro atoms. The zero-order valence-corrected chi connectivity index (χ0v) is 14.6. The van der Waals surface area contributed by atoms with Crippen molar-refractivity contribution >= 4 is 29.3 Å². The van der Waals surface area contributed by atoms with Gasteiger partial charge < -0.3 is 10.1 Å². The monoisotopic (exact) mass is 367 g/mol. The highest BCUT2D eigenvalue weighted by Crippen LogP contribution is 2.18. The number of thioether (sulfide) groups is 1. The van der Waals surface area contributed by atoms with Crippen LogP contribution in [0, 0.1) is 0 Å². The molecule has 2 heterocycles. The van der Waals surface area contributed by atoms with Crippen LogP contribution in [0.3, 0.4) is 0 Å². The lowest BCUT2D eigenvalue weighted by atomic mass is 10.2. The average Bonchev–Trinajstić information content (AvgIpc) is 3.24. The van der Waals surface area contributed by atoms with Crippen molar-refractivity contribution in [2.24, 2.45) is 0 Å². The van der Waals surface area contributed by atoms with Gasteiger partial charge in [-0.15, -0.1) is 5.10 Å². The van der Waals surface area contributed by atoms with E-state index >= 15 is 0 Å². The van der Waals surface area contributed by atoms with E-state index in [4.69, 9.17) is 16.3 Å². The summed E-state index contributed by atoms with van der Waals surface area (Å²) in [7, 11) is 0. The number of carbonyl (C=O) groups is 1. The van der Waals surface area contributed by atoms with Crippen molar-refractivity contribution < 1.29 is 9.53 Å². The third-order valence-corrected chi connectivity index (χ3v) is 4.99. The molecule has 9 heteroatoms. The Morgan fingerprint density at radius 2 is 2.33 bits per heavy atom. The quantitative estimate of drug-likeness (QED) is 0.753. The highest BCUT2D eigenvalue weighted by atomic mass is 35.5. The predicted molar refractivity (Wildman–Crippen MR) is 90.8 cm³/mol. The van der Waals surface area contributed by atoms with Crippen LogP contribution in [0.15, 0.2) is 29.4 Å². The standard InChI is InChI=1S/C15H18ClN5O2S/c16-13-6-2-1-4-11(13)8-17-14(22)10-24-15-18-19-20-21(15)9-12-5-3-7-23-12/h1-2,4,6,12H,3,5,7-10H2,(H,17,22). The van der Waals surface area contributed by atoms with Crippen LogP contribution in [0.25, 0.3) is 0 Å². The number of amides is 1. The van der Waals surface area contributed by atoms with Crippen LogP contribution in [0.4, 0.5) is 0 Å². The molecule has 0 bridgehead atoms. The number of nitrogens with zero attached hydrogens (tertiary/aromatic N) is 4. The summed E-state index contributed by atoms with van der Waals surface area (Å²) in [6, 6.07) is 7.44. The first-order valence-corrected chi connectivity index (χ1v) is 9.09. The van der Waals surface area contributed by atoms with E-state index in [1.807, 2.05) is 18.2 Å². The van der Waals surface area contributed by atoms with Crippen molar-refractivity contribution in [3.05, 3.63) is 34.9 Å². The topological polar surface area (TPSA) is 81.9 Å². The number of halogens is 1.